The molecule has 1 aliphatic carbocycles. The highest BCUT2D eigenvalue weighted by Crippen LogP contribution is 2.42. The molecule has 2 aliphatic rings. The van der Waals surface area contributed by atoms with Gasteiger partial charge in [0.15, 0.2) is 5.82 Å². The van der Waals surface area contributed by atoms with Crippen molar-refractivity contribution in [2.45, 2.75) is 18.8 Å². The Labute approximate surface area is 186 Å². The monoisotopic (exact) mass is 432 g/mol. The molecule has 0 bridgehead atoms. The number of nitrogens with one attached hydrogen (secondary N) is 1. The van der Waals surface area contributed by atoms with Gasteiger partial charge in [-0.15, -0.1) is 0 Å². The van der Waals surface area contributed by atoms with Gasteiger partial charge >= 0.3 is 0 Å². The van der Waals surface area contributed by atoms with Crippen LogP contribution < -0.4 is 26.4 Å². The van der Waals surface area contributed by atoms with Gasteiger partial charge in [0.1, 0.15) is 22.9 Å². The van der Waals surface area contributed by atoms with Crippen molar-refractivity contribution in [1.82, 2.24) is 20.3 Å². The lowest BCUT2D eigenvalue weighted by atomic mass is 9.71. The number of pyridine rings is 1. The Morgan fingerprint density at radius 1 is 1.16 bits per heavy atom. The molecule has 1 saturated carbocycles. The number of hydrogen-bond donors (Lipinski definition) is 3. The van der Waals surface area contributed by atoms with Crippen molar-refractivity contribution >= 4 is 34.3 Å². The van der Waals surface area contributed by atoms with Crippen LogP contribution in [-0.2, 0) is 0 Å². The summed E-state index contributed by atoms with van der Waals surface area (Å²) in [6.07, 6.45) is 3.91. The Balaban J connectivity index is 1.29. The second kappa shape index (κ2) is 8.58. The quantitative estimate of drug-likeness (QED) is 0.414. The van der Waals surface area contributed by atoms with Gasteiger partial charge < -0.3 is 26.4 Å². The smallest absolute Gasteiger partial charge is 0.222 e. The lowest BCUT2D eigenvalue weighted by Gasteiger charge is -2.35. The van der Waals surface area contributed by atoms with Crippen LogP contribution >= 0.6 is 0 Å². The number of benzene rings is 1. The molecule has 1 aromatic carbocycles. The largest absolute Gasteiger partial charge is 0.494 e. The first-order valence-corrected chi connectivity index (χ1v) is 11.0. The Bertz CT molecular complexity index is 1130. The predicted molar refractivity (Wildman–Crippen MR) is 127 cm³/mol. The van der Waals surface area contributed by atoms with Crippen LogP contribution in [0.4, 0.5) is 17.6 Å². The van der Waals surface area contributed by atoms with Crippen LogP contribution in [0.5, 0.6) is 5.75 Å². The molecule has 1 saturated heterocycles. The Kier molecular flexibility index (Phi) is 5.48. The molecule has 9 nitrogen and oxygen atoms in total. The first kappa shape index (κ1) is 20.4. The summed E-state index contributed by atoms with van der Waals surface area (Å²) in [5.41, 5.74) is 14.2. The SMILES string of the molecule is COc1cccc2c(N=C(N)C3CC(c4ccc(N5CCNCC5)nc4)C3)nc(N)nc12. The summed E-state index contributed by atoms with van der Waals surface area (Å²) in [5.74, 6) is 3.55. The molecule has 3 aromatic rings. The van der Waals surface area contributed by atoms with E-state index < -0.39 is 0 Å². The van der Waals surface area contributed by atoms with E-state index in [4.69, 9.17) is 21.2 Å². The highest BCUT2D eigenvalue weighted by Gasteiger charge is 2.33. The maximum atomic E-state index is 6.37. The summed E-state index contributed by atoms with van der Waals surface area (Å²) in [5, 5.41) is 4.14. The molecule has 2 aromatic heterocycles. The van der Waals surface area contributed by atoms with Gasteiger partial charge in [-0.2, -0.15) is 4.98 Å². The molecule has 0 unspecified atom stereocenters. The molecule has 32 heavy (non-hydrogen) atoms. The van der Waals surface area contributed by atoms with E-state index >= 15 is 0 Å². The predicted octanol–water partition coefficient (Wildman–Crippen LogP) is 2.21. The van der Waals surface area contributed by atoms with Crippen LogP contribution in [0.15, 0.2) is 41.5 Å². The normalized spacial score (nSPS) is 21.4. The summed E-state index contributed by atoms with van der Waals surface area (Å²) in [4.78, 5) is 20.3. The van der Waals surface area contributed by atoms with Crippen molar-refractivity contribution in [3.8, 4) is 5.75 Å². The van der Waals surface area contributed by atoms with Crippen LogP contribution in [-0.4, -0.2) is 54.1 Å². The van der Waals surface area contributed by atoms with Crippen molar-refractivity contribution < 1.29 is 4.74 Å². The first-order valence-electron chi connectivity index (χ1n) is 11.0. The molecule has 9 heteroatoms. The van der Waals surface area contributed by atoms with Crippen molar-refractivity contribution in [2.75, 3.05) is 43.9 Å². The number of para-hydroxylation sites is 1. The lowest BCUT2D eigenvalue weighted by Crippen LogP contribution is -2.43. The number of hydrogen-bond acceptors (Lipinski definition) is 8. The standard InChI is InChI=1S/C23H28N8O/c1-32-18-4-2-3-17-20(18)28-23(25)30-22(17)29-21(24)16-11-15(12-16)14-5-6-19(27-13-14)31-9-7-26-8-10-31/h2-6,13,15-16,26H,7-12H2,1H3,(H4,24,25,28,29,30). The van der Waals surface area contributed by atoms with Gasteiger partial charge in [0.2, 0.25) is 5.95 Å². The number of nitrogens with zero attached hydrogens (tertiary/aromatic N) is 5. The Morgan fingerprint density at radius 2 is 1.97 bits per heavy atom. The zero-order chi connectivity index (χ0) is 22.1. The molecular formula is C23H28N8O. The van der Waals surface area contributed by atoms with Crippen LogP contribution in [0.25, 0.3) is 10.9 Å². The summed E-state index contributed by atoms with van der Waals surface area (Å²) in [6.45, 7) is 4.01. The van der Waals surface area contributed by atoms with Crippen LogP contribution in [0.3, 0.4) is 0 Å². The maximum Gasteiger partial charge on any atom is 0.222 e. The molecule has 0 amide bonds. The first-order chi connectivity index (χ1) is 15.6. The van der Waals surface area contributed by atoms with E-state index in [0.29, 0.717) is 28.8 Å². The van der Waals surface area contributed by atoms with Crippen molar-refractivity contribution in [3.05, 3.63) is 42.1 Å². The van der Waals surface area contributed by atoms with E-state index in [9.17, 15) is 0 Å². The van der Waals surface area contributed by atoms with E-state index in [1.165, 1.54) is 5.56 Å². The van der Waals surface area contributed by atoms with E-state index in [1.54, 1.807) is 7.11 Å². The molecule has 2 fully saturated rings. The summed E-state index contributed by atoms with van der Waals surface area (Å²) >= 11 is 0. The van der Waals surface area contributed by atoms with E-state index in [-0.39, 0.29) is 11.9 Å². The van der Waals surface area contributed by atoms with Gasteiger partial charge in [0.25, 0.3) is 0 Å². The second-order valence-corrected chi connectivity index (χ2v) is 8.35. The topological polar surface area (TPSA) is 128 Å². The van der Waals surface area contributed by atoms with Gasteiger partial charge in [-0.25, -0.2) is 15.0 Å². The molecule has 0 radical (unpaired) electrons. The van der Waals surface area contributed by atoms with Crippen molar-refractivity contribution in [2.24, 2.45) is 16.6 Å². The van der Waals surface area contributed by atoms with Gasteiger partial charge in [0, 0.05) is 43.7 Å². The lowest BCUT2D eigenvalue weighted by molar-refractivity contribution is 0.342. The highest BCUT2D eigenvalue weighted by molar-refractivity contribution is 5.96. The highest BCUT2D eigenvalue weighted by atomic mass is 16.5. The van der Waals surface area contributed by atoms with Gasteiger partial charge in [-0.05, 0) is 42.5 Å². The Hall–Kier alpha value is -3.46. The van der Waals surface area contributed by atoms with Crippen molar-refractivity contribution in [3.63, 3.8) is 0 Å². The average Bonchev–Trinajstić information content (AvgIpc) is 2.79. The average molecular weight is 433 g/mol. The zero-order valence-electron chi connectivity index (χ0n) is 18.2. The molecular weight excluding hydrogens is 404 g/mol. The molecule has 0 atom stereocenters. The zero-order valence-corrected chi connectivity index (χ0v) is 18.2. The fraction of sp³-hybridized carbons (Fsp3) is 0.391. The molecule has 1 aliphatic heterocycles. The maximum absolute atomic E-state index is 6.37. The molecule has 5 rings (SSSR count). The third kappa shape index (κ3) is 3.91. The number of anilines is 2. The van der Waals surface area contributed by atoms with E-state index in [1.807, 2.05) is 24.4 Å². The number of ether oxygens (including phenoxy) is 1. The fourth-order valence-electron chi connectivity index (χ4n) is 4.44. The number of methoxy groups -OCH3 is 1. The second-order valence-electron chi connectivity index (χ2n) is 8.35. The van der Waals surface area contributed by atoms with Gasteiger partial charge in [0.05, 0.1) is 7.11 Å². The van der Waals surface area contributed by atoms with Crippen LogP contribution in [0.1, 0.15) is 24.3 Å². The minimum Gasteiger partial charge on any atom is -0.494 e. The number of piperazine rings is 1. The molecule has 0 spiro atoms. The summed E-state index contributed by atoms with van der Waals surface area (Å²) in [6, 6.07) is 9.95. The number of rotatable bonds is 5. The van der Waals surface area contributed by atoms with Gasteiger partial charge in [-0.1, -0.05) is 12.1 Å². The number of aromatic nitrogens is 3. The number of aliphatic imine (C=N–C) groups is 1. The van der Waals surface area contributed by atoms with Crippen LogP contribution in [0, 0.1) is 5.92 Å². The Morgan fingerprint density at radius 3 is 2.69 bits per heavy atom. The third-order valence-electron chi connectivity index (χ3n) is 6.38. The number of nitrogens with two attached hydrogens (primary N) is 2. The number of fused-ring (bicyclic) bond motifs is 1. The minimum atomic E-state index is 0.149. The fourth-order valence-corrected chi connectivity index (χ4v) is 4.44. The van der Waals surface area contributed by atoms with E-state index in [0.717, 1.165) is 50.2 Å². The number of amidine groups is 1. The number of nitrogen functional groups attached to an aromatic ring is 1. The van der Waals surface area contributed by atoms with E-state index in [2.05, 4.69) is 37.3 Å². The molecule has 5 N–H and O–H groups in total. The van der Waals surface area contributed by atoms with Crippen molar-refractivity contribution in [1.29, 1.82) is 0 Å². The molecule has 3 heterocycles. The third-order valence-corrected chi connectivity index (χ3v) is 6.38. The van der Waals surface area contributed by atoms with Gasteiger partial charge in [-0.3, -0.25) is 0 Å². The summed E-state index contributed by atoms with van der Waals surface area (Å²) in [7, 11) is 1.60. The minimum absolute atomic E-state index is 0.149. The summed E-state index contributed by atoms with van der Waals surface area (Å²) < 4.78 is 5.39. The van der Waals surface area contributed by atoms with Crippen LogP contribution in [0.2, 0.25) is 0 Å². The molecule has 166 valence electrons.